The molecular weight excluding hydrogens is 362 g/mol. The number of ether oxygens (including phenoxy) is 1. The molecule has 1 aromatic heterocycles. The van der Waals surface area contributed by atoms with Gasteiger partial charge in [-0.3, -0.25) is 4.79 Å². The molecule has 0 saturated carbocycles. The third-order valence-electron chi connectivity index (χ3n) is 4.01. The van der Waals surface area contributed by atoms with Gasteiger partial charge in [-0.25, -0.2) is 0 Å². The second kappa shape index (κ2) is 8.59. The maximum absolute atomic E-state index is 12.5. The molecule has 140 valence electrons. The van der Waals surface area contributed by atoms with Crippen molar-refractivity contribution in [1.29, 1.82) is 0 Å². The predicted molar refractivity (Wildman–Crippen MR) is 108 cm³/mol. The fourth-order valence-electron chi connectivity index (χ4n) is 2.39. The third-order valence-corrected chi connectivity index (χ3v) is 5.03. The van der Waals surface area contributed by atoms with Crippen molar-refractivity contribution >= 4 is 23.3 Å². The van der Waals surface area contributed by atoms with Crippen molar-refractivity contribution in [2.75, 3.05) is 18.3 Å². The second-order valence-corrected chi connectivity index (χ2v) is 6.76. The quantitative estimate of drug-likeness (QED) is 0.478. The zero-order valence-electron chi connectivity index (χ0n) is 15.2. The van der Waals surface area contributed by atoms with Crippen LogP contribution in [0.25, 0.3) is 0 Å². The van der Waals surface area contributed by atoms with Crippen molar-refractivity contribution < 1.29 is 4.74 Å². The van der Waals surface area contributed by atoms with E-state index in [1.54, 1.807) is 7.11 Å². The summed E-state index contributed by atoms with van der Waals surface area (Å²) in [5.41, 5.74) is 2.61. The molecule has 0 radical (unpaired) electrons. The number of nitrogens with zero attached hydrogens (tertiary/aromatic N) is 3. The molecule has 0 aliphatic carbocycles. The summed E-state index contributed by atoms with van der Waals surface area (Å²) in [6.07, 6.45) is 0.954. The second-order valence-electron chi connectivity index (χ2n) is 5.82. The number of aryl methyl sites for hydroxylation is 1. The highest BCUT2D eigenvalue weighted by atomic mass is 32.2. The molecule has 0 amide bonds. The highest BCUT2D eigenvalue weighted by molar-refractivity contribution is 7.98. The average molecular weight is 383 g/mol. The van der Waals surface area contributed by atoms with E-state index < -0.39 is 5.56 Å². The summed E-state index contributed by atoms with van der Waals surface area (Å²) in [6.45, 7) is 2.09. The largest absolute Gasteiger partial charge is 0.497 e. The Bertz CT molecular complexity index is 955. The standard InChI is InChI=1S/C19H21N5O2S/c1-3-13-4-8-15(9-5-13)21-17-18(25)24(20)19(23-22-17)27-12-14-6-10-16(26-2)11-7-14/h4-11H,3,12,20H2,1-2H3,(H,21,22). The molecule has 0 unspecified atom stereocenters. The molecule has 0 fully saturated rings. The van der Waals surface area contributed by atoms with Crippen molar-refractivity contribution in [1.82, 2.24) is 14.9 Å². The van der Waals surface area contributed by atoms with Gasteiger partial charge >= 0.3 is 5.56 Å². The van der Waals surface area contributed by atoms with E-state index >= 15 is 0 Å². The Labute approximate surface area is 161 Å². The van der Waals surface area contributed by atoms with Crippen LogP contribution in [0.2, 0.25) is 0 Å². The van der Waals surface area contributed by atoms with Crippen molar-refractivity contribution in [3.63, 3.8) is 0 Å². The van der Waals surface area contributed by atoms with E-state index in [9.17, 15) is 4.79 Å². The maximum atomic E-state index is 12.5. The lowest BCUT2D eigenvalue weighted by molar-refractivity contribution is 0.414. The summed E-state index contributed by atoms with van der Waals surface area (Å²) in [7, 11) is 1.63. The summed E-state index contributed by atoms with van der Waals surface area (Å²) >= 11 is 1.34. The van der Waals surface area contributed by atoms with Gasteiger partial charge in [0.1, 0.15) is 5.75 Å². The number of aromatic nitrogens is 3. The molecule has 0 spiro atoms. The van der Waals surface area contributed by atoms with Crippen LogP contribution in [0.5, 0.6) is 5.75 Å². The first-order valence-corrected chi connectivity index (χ1v) is 9.45. The number of anilines is 2. The number of hydrogen-bond acceptors (Lipinski definition) is 7. The lowest BCUT2D eigenvalue weighted by atomic mass is 10.1. The fourth-order valence-corrected chi connectivity index (χ4v) is 3.20. The average Bonchev–Trinajstić information content (AvgIpc) is 2.72. The van der Waals surface area contributed by atoms with E-state index in [1.807, 2.05) is 48.5 Å². The van der Waals surface area contributed by atoms with Crippen molar-refractivity contribution in [3.05, 3.63) is 70.0 Å². The monoisotopic (exact) mass is 383 g/mol. The Kier molecular flexibility index (Phi) is 5.97. The van der Waals surface area contributed by atoms with Crippen LogP contribution in [-0.2, 0) is 12.2 Å². The molecule has 0 aliphatic rings. The van der Waals surface area contributed by atoms with Gasteiger partial charge in [0, 0.05) is 11.4 Å². The van der Waals surface area contributed by atoms with Gasteiger partial charge in [-0.1, -0.05) is 43.0 Å². The van der Waals surface area contributed by atoms with Crippen LogP contribution in [0.3, 0.4) is 0 Å². The number of methoxy groups -OCH3 is 1. The molecule has 0 atom stereocenters. The Balaban J connectivity index is 1.70. The lowest BCUT2D eigenvalue weighted by Gasteiger charge is -2.09. The van der Waals surface area contributed by atoms with Crippen LogP contribution in [0, 0.1) is 0 Å². The summed E-state index contributed by atoms with van der Waals surface area (Å²) in [5.74, 6) is 7.41. The van der Waals surface area contributed by atoms with Gasteiger partial charge in [-0.15, -0.1) is 10.2 Å². The smallest absolute Gasteiger partial charge is 0.315 e. The minimum Gasteiger partial charge on any atom is -0.497 e. The number of nitrogens with two attached hydrogens (primary N) is 1. The minimum atomic E-state index is -0.429. The summed E-state index contributed by atoms with van der Waals surface area (Å²) in [4.78, 5) is 12.5. The molecule has 2 aromatic carbocycles. The van der Waals surface area contributed by atoms with Crippen LogP contribution >= 0.6 is 11.8 Å². The van der Waals surface area contributed by atoms with E-state index in [1.165, 1.54) is 17.3 Å². The Morgan fingerprint density at radius 3 is 2.37 bits per heavy atom. The van der Waals surface area contributed by atoms with Crippen molar-refractivity contribution in [2.45, 2.75) is 24.3 Å². The molecule has 0 bridgehead atoms. The minimum absolute atomic E-state index is 0.0931. The van der Waals surface area contributed by atoms with Gasteiger partial charge in [0.05, 0.1) is 7.11 Å². The van der Waals surface area contributed by atoms with Gasteiger partial charge in [-0.05, 0) is 41.8 Å². The molecule has 0 saturated heterocycles. The highest BCUT2D eigenvalue weighted by Gasteiger charge is 2.11. The molecule has 8 heteroatoms. The summed E-state index contributed by atoms with van der Waals surface area (Å²) < 4.78 is 6.16. The topological polar surface area (TPSA) is 95.1 Å². The molecule has 3 aromatic rings. The van der Waals surface area contributed by atoms with Gasteiger partial charge in [0.25, 0.3) is 0 Å². The van der Waals surface area contributed by atoms with E-state index in [-0.39, 0.29) is 5.82 Å². The zero-order chi connectivity index (χ0) is 19.2. The fraction of sp³-hybridized carbons (Fsp3) is 0.211. The lowest BCUT2D eigenvalue weighted by Crippen LogP contribution is -2.32. The van der Waals surface area contributed by atoms with E-state index in [2.05, 4.69) is 22.4 Å². The van der Waals surface area contributed by atoms with Crippen LogP contribution in [0.1, 0.15) is 18.1 Å². The number of thioether (sulfide) groups is 1. The molecular formula is C19H21N5O2S. The third kappa shape index (κ3) is 4.59. The first-order chi connectivity index (χ1) is 13.1. The van der Waals surface area contributed by atoms with Crippen molar-refractivity contribution in [2.24, 2.45) is 0 Å². The van der Waals surface area contributed by atoms with Crippen LogP contribution in [0.4, 0.5) is 11.5 Å². The predicted octanol–water partition coefficient (Wildman–Crippen LogP) is 2.96. The number of hydrogen-bond donors (Lipinski definition) is 2. The summed E-state index contributed by atoms with van der Waals surface area (Å²) in [6, 6.07) is 15.5. The Hall–Kier alpha value is -3.00. The molecule has 27 heavy (non-hydrogen) atoms. The Morgan fingerprint density at radius 1 is 1.07 bits per heavy atom. The number of rotatable bonds is 7. The molecule has 7 nitrogen and oxygen atoms in total. The first-order valence-electron chi connectivity index (χ1n) is 8.47. The van der Waals surface area contributed by atoms with E-state index in [0.29, 0.717) is 10.9 Å². The number of benzene rings is 2. The molecule has 3 rings (SSSR count). The SMILES string of the molecule is CCc1ccc(Nc2nnc(SCc3ccc(OC)cc3)n(N)c2=O)cc1. The van der Waals surface area contributed by atoms with Gasteiger partial charge < -0.3 is 15.9 Å². The van der Waals surface area contributed by atoms with Crippen LogP contribution in [0.15, 0.2) is 58.5 Å². The van der Waals surface area contributed by atoms with Crippen molar-refractivity contribution in [3.8, 4) is 5.75 Å². The molecule has 0 aliphatic heterocycles. The molecule has 3 N–H and O–H groups in total. The van der Waals surface area contributed by atoms with Gasteiger partial charge in [0.2, 0.25) is 11.0 Å². The van der Waals surface area contributed by atoms with Crippen LogP contribution in [-0.4, -0.2) is 22.0 Å². The summed E-state index contributed by atoms with van der Waals surface area (Å²) in [5, 5.41) is 11.4. The highest BCUT2D eigenvalue weighted by Crippen LogP contribution is 2.21. The first kappa shape index (κ1) is 18.8. The number of nitrogens with one attached hydrogen (secondary N) is 1. The van der Waals surface area contributed by atoms with Gasteiger partial charge in [-0.2, -0.15) is 4.68 Å². The Morgan fingerprint density at radius 2 is 1.74 bits per heavy atom. The zero-order valence-corrected chi connectivity index (χ0v) is 16.0. The van der Waals surface area contributed by atoms with Gasteiger partial charge in [0.15, 0.2) is 0 Å². The van der Waals surface area contributed by atoms with E-state index in [0.717, 1.165) is 28.1 Å². The normalized spacial score (nSPS) is 10.6. The number of nitrogen functional groups attached to an aromatic ring is 1. The van der Waals surface area contributed by atoms with Crippen LogP contribution < -0.4 is 21.5 Å². The van der Waals surface area contributed by atoms with E-state index in [4.69, 9.17) is 10.6 Å². The maximum Gasteiger partial charge on any atom is 0.315 e. The molecule has 1 heterocycles.